The highest BCUT2D eigenvalue weighted by atomic mass is 32.2. The molecule has 0 saturated carbocycles. The second-order valence-electron chi connectivity index (χ2n) is 6.45. The van der Waals surface area contributed by atoms with E-state index in [1.165, 1.54) is 11.8 Å². The van der Waals surface area contributed by atoms with Crippen LogP contribution in [0.5, 0.6) is 5.75 Å². The van der Waals surface area contributed by atoms with Gasteiger partial charge in [0.05, 0.1) is 30.1 Å². The van der Waals surface area contributed by atoms with E-state index in [-0.39, 0.29) is 18.3 Å². The summed E-state index contributed by atoms with van der Waals surface area (Å²) < 4.78 is 10.5. The minimum Gasteiger partial charge on any atom is -0.497 e. The molecular weight excluding hydrogens is 412 g/mol. The van der Waals surface area contributed by atoms with Crippen molar-refractivity contribution >= 4 is 29.3 Å². The molecule has 7 heteroatoms. The molecule has 1 N–H and O–H groups in total. The van der Waals surface area contributed by atoms with Crippen LogP contribution in [0.25, 0.3) is 0 Å². The van der Waals surface area contributed by atoms with Crippen LogP contribution in [-0.2, 0) is 16.1 Å². The van der Waals surface area contributed by atoms with E-state index in [2.05, 4.69) is 5.32 Å². The molecule has 3 aromatic carbocycles. The molecular formula is C24H20N2O4S. The lowest BCUT2D eigenvalue weighted by molar-refractivity contribution is -0.113. The molecule has 0 radical (unpaired) electrons. The summed E-state index contributed by atoms with van der Waals surface area (Å²) in [7, 11) is 1.59. The highest BCUT2D eigenvalue weighted by Gasteiger charge is 2.14. The van der Waals surface area contributed by atoms with Gasteiger partial charge in [-0.1, -0.05) is 30.3 Å². The summed E-state index contributed by atoms with van der Waals surface area (Å²) in [6.45, 7) is 0.136. The van der Waals surface area contributed by atoms with Crippen LogP contribution >= 0.6 is 11.8 Å². The molecule has 3 aromatic rings. The Hall–Kier alpha value is -3.76. The number of amides is 1. The molecule has 0 aliphatic rings. The van der Waals surface area contributed by atoms with Gasteiger partial charge >= 0.3 is 5.97 Å². The van der Waals surface area contributed by atoms with E-state index < -0.39 is 5.97 Å². The van der Waals surface area contributed by atoms with Crippen molar-refractivity contribution in [1.29, 1.82) is 5.26 Å². The first kappa shape index (κ1) is 21.9. The lowest BCUT2D eigenvalue weighted by Gasteiger charge is -2.10. The molecule has 0 heterocycles. The Morgan fingerprint density at radius 2 is 1.81 bits per heavy atom. The van der Waals surface area contributed by atoms with Crippen LogP contribution in [0, 0.1) is 11.3 Å². The van der Waals surface area contributed by atoms with Crippen LogP contribution in [0.4, 0.5) is 5.69 Å². The van der Waals surface area contributed by atoms with Gasteiger partial charge in [0.25, 0.3) is 0 Å². The molecule has 1 amide bonds. The van der Waals surface area contributed by atoms with Crippen molar-refractivity contribution in [2.45, 2.75) is 11.5 Å². The van der Waals surface area contributed by atoms with Crippen molar-refractivity contribution in [3.8, 4) is 11.8 Å². The summed E-state index contributed by atoms with van der Waals surface area (Å²) in [6.07, 6.45) is 0. The largest absolute Gasteiger partial charge is 0.497 e. The van der Waals surface area contributed by atoms with E-state index >= 15 is 0 Å². The van der Waals surface area contributed by atoms with Gasteiger partial charge in [0.1, 0.15) is 12.4 Å². The number of nitrogens with zero attached hydrogens (tertiary/aromatic N) is 1. The summed E-state index contributed by atoms with van der Waals surface area (Å²) >= 11 is 1.24. The molecule has 0 unspecified atom stereocenters. The first-order valence-electron chi connectivity index (χ1n) is 9.41. The summed E-state index contributed by atoms with van der Waals surface area (Å²) in [5, 5.41) is 11.7. The van der Waals surface area contributed by atoms with E-state index in [4.69, 9.17) is 14.7 Å². The molecule has 3 rings (SSSR count). The average Bonchev–Trinajstić information content (AvgIpc) is 2.81. The minimum absolute atomic E-state index is 0.111. The van der Waals surface area contributed by atoms with Crippen LogP contribution in [0.1, 0.15) is 21.5 Å². The number of nitriles is 1. The van der Waals surface area contributed by atoms with Crippen LogP contribution in [0.15, 0.2) is 77.7 Å². The Balaban J connectivity index is 1.58. The van der Waals surface area contributed by atoms with E-state index in [9.17, 15) is 9.59 Å². The number of methoxy groups -OCH3 is 1. The number of rotatable bonds is 8. The third-order valence-electron chi connectivity index (χ3n) is 4.27. The van der Waals surface area contributed by atoms with Crippen molar-refractivity contribution in [3.63, 3.8) is 0 Å². The van der Waals surface area contributed by atoms with Crippen molar-refractivity contribution < 1.29 is 19.1 Å². The number of benzene rings is 3. The van der Waals surface area contributed by atoms with Gasteiger partial charge in [-0.3, -0.25) is 4.79 Å². The van der Waals surface area contributed by atoms with E-state index in [1.807, 2.05) is 18.2 Å². The van der Waals surface area contributed by atoms with E-state index in [1.54, 1.807) is 67.8 Å². The fraction of sp³-hybridized carbons (Fsp3) is 0.125. The van der Waals surface area contributed by atoms with Gasteiger partial charge in [-0.15, -0.1) is 11.8 Å². The van der Waals surface area contributed by atoms with Crippen LogP contribution in [0.3, 0.4) is 0 Å². The summed E-state index contributed by atoms with van der Waals surface area (Å²) in [4.78, 5) is 25.5. The third-order valence-corrected chi connectivity index (χ3v) is 5.34. The van der Waals surface area contributed by atoms with Gasteiger partial charge in [-0.25, -0.2) is 4.79 Å². The summed E-state index contributed by atoms with van der Waals surface area (Å²) in [6, 6.07) is 23.0. The molecule has 31 heavy (non-hydrogen) atoms. The van der Waals surface area contributed by atoms with Crippen molar-refractivity contribution in [2.75, 3.05) is 18.2 Å². The molecule has 0 atom stereocenters. The van der Waals surface area contributed by atoms with Crippen LogP contribution < -0.4 is 10.1 Å². The SMILES string of the molecule is COc1ccc(COC(=O)c2ccccc2SCC(=O)Nc2cccc(C#N)c2)cc1. The standard InChI is InChI=1S/C24H20N2O4S/c1-29-20-11-9-17(10-12-20)15-30-24(28)21-7-2-3-8-22(21)31-16-23(27)26-19-6-4-5-18(13-19)14-25/h2-13H,15-16H2,1H3,(H,26,27). The Kier molecular flexibility index (Phi) is 7.68. The van der Waals surface area contributed by atoms with Gasteiger partial charge in [-0.2, -0.15) is 5.26 Å². The van der Waals surface area contributed by atoms with Gasteiger partial charge in [0.2, 0.25) is 5.91 Å². The van der Waals surface area contributed by atoms with E-state index in [0.717, 1.165) is 11.3 Å². The molecule has 0 saturated heterocycles. The number of hydrogen-bond donors (Lipinski definition) is 1. The normalized spacial score (nSPS) is 10.1. The number of anilines is 1. The molecule has 0 aliphatic carbocycles. The maximum Gasteiger partial charge on any atom is 0.339 e. The number of nitrogens with one attached hydrogen (secondary N) is 1. The molecule has 0 aliphatic heterocycles. The highest BCUT2D eigenvalue weighted by Crippen LogP contribution is 2.24. The Labute approximate surface area is 184 Å². The Bertz CT molecular complexity index is 1110. The summed E-state index contributed by atoms with van der Waals surface area (Å²) in [5.41, 5.74) is 2.27. The topological polar surface area (TPSA) is 88.4 Å². The number of carbonyl (C=O) groups excluding carboxylic acids is 2. The predicted octanol–water partition coefficient (Wildman–Crippen LogP) is 4.65. The van der Waals surface area contributed by atoms with Crippen molar-refractivity contribution in [3.05, 3.63) is 89.5 Å². The number of ether oxygens (including phenoxy) is 2. The smallest absolute Gasteiger partial charge is 0.339 e. The number of thioether (sulfide) groups is 1. The quantitative estimate of drug-likeness (QED) is 0.412. The van der Waals surface area contributed by atoms with Crippen molar-refractivity contribution in [1.82, 2.24) is 0 Å². The first-order valence-corrected chi connectivity index (χ1v) is 10.4. The fourth-order valence-electron chi connectivity index (χ4n) is 2.72. The van der Waals surface area contributed by atoms with Crippen molar-refractivity contribution in [2.24, 2.45) is 0 Å². The third kappa shape index (κ3) is 6.36. The zero-order chi connectivity index (χ0) is 22.1. The van der Waals surface area contributed by atoms with Gasteiger partial charge in [-0.05, 0) is 48.0 Å². The minimum atomic E-state index is -0.457. The lowest BCUT2D eigenvalue weighted by Crippen LogP contribution is -2.14. The fourth-order valence-corrected chi connectivity index (χ4v) is 3.56. The van der Waals surface area contributed by atoms with Gasteiger partial charge in [0, 0.05) is 10.6 Å². The highest BCUT2D eigenvalue weighted by molar-refractivity contribution is 8.00. The monoisotopic (exact) mass is 432 g/mol. The number of hydrogen-bond acceptors (Lipinski definition) is 6. The summed E-state index contributed by atoms with van der Waals surface area (Å²) in [5.74, 6) is 0.150. The Morgan fingerprint density at radius 1 is 1.03 bits per heavy atom. The molecule has 0 spiro atoms. The predicted molar refractivity (Wildman–Crippen MR) is 119 cm³/mol. The molecule has 0 aromatic heterocycles. The van der Waals surface area contributed by atoms with Crippen LogP contribution in [-0.4, -0.2) is 24.7 Å². The second kappa shape index (κ2) is 10.9. The van der Waals surface area contributed by atoms with Crippen LogP contribution in [0.2, 0.25) is 0 Å². The van der Waals surface area contributed by atoms with Gasteiger partial charge < -0.3 is 14.8 Å². The zero-order valence-electron chi connectivity index (χ0n) is 16.8. The van der Waals surface area contributed by atoms with Gasteiger partial charge in [0.15, 0.2) is 0 Å². The average molecular weight is 433 g/mol. The first-order chi connectivity index (χ1) is 15.1. The zero-order valence-corrected chi connectivity index (χ0v) is 17.6. The number of carbonyl (C=O) groups is 2. The molecule has 6 nitrogen and oxygen atoms in total. The molecule has 0 fully saturated rings. The molecule has 156 valence electrons. The van der Waals surface area contributed by atoms with E-state index in [0.29, 0.717) is 21.7 Å². The lowest BCUT2D eigenvalue weighted by atomic mass is 10.2. The Morgan fingerprint density at radius 3 is 2.55 bits per heavy atom. The molecule has 0 bridgehead atoms. The second-order valence-corrected chi connectivity index (χ2v) is 7.47. The maximum atomic E-state index is 12.6. The number of esters is 1. The maximum absolute atomic E-state index is 12.6.